The van der Waals surface area contributed by atoms with E-state index in [1.54, 1.807) is 0 Å². The zero-order valence-corrected chi connectivity index (χ0v) is 11.5. The lowest BCUT2D eigenvalue weighted by atomic mass is 10.1. The molecule has 0 saturated heterocycles. The second kappa shape index (κ2) is 6.24. The molecule has 0 aliphatic carbocycles. The average Bonchev–Trinajstić information content (AvgIpc) is 2.49. The number of halogens is 1. The van der Waals surface area contributed by atoms with Crippen LogP contribution in [0.1, 0.15) is 11.1 Å². The van der Waals surface area contributed by atoms with Crippen LogP contribution in [0.15, 0.2) is 47.4 Å². The van der Waals surface area contributed by atoms with Crippen molar-refractivity contribution in [2.24, 2.45) is 0 Å². The van der Waals surface area contributed by atoms with Crippen LogP contribution < -0.4 is 0 Å². The molecule has 2 rings (SSSR count). The van der Waals surface area contributed by atoms with Crippen molar-refractivity contribution in [3.63, 3.8) is 0 Å². The number of nitrogens with zero attached hydrogens (tertiary/aromatic N) is 2. The van der Waals surface area contributed by atoms with E-state index < -0.39 is 21.5 Å². The molecule has 0 radical (unpaired) electrons. The van der Waals surface area contributed by atoms with Gasteiger partial charge in [-0.2, -0.15) is 5.26 Å². The second-order valence-electron chi connectivity index (χ2n) is 4.13. The van der Waals surface area contributed by atoms with Gasteiger partial charge in [-0.15, -0.1) is 0 Å². The molecule has 0 spiro atoms. The average molecular weight is 304 g/mol. The van der Waals surface area contributed by atoms with E-state index >= 15 is 0 Å². The zero-order valence-electron chi connectivity index (χ0n) is 10.7. The number of nitro groups is 1. The van der Waals surface area contributed by atoms with Crippen molar-refractivity contribution < 1.29 is 13.5 Å². The van der Waals surface area contributed by atoms with E-state index in [-0.39, 0.29) is 27.5 Å². The maximum atomic E-state index is 13.7. The first-order valence-electron chi connectivity index (χ1n) is 5.83. The number of hydrogen-bond acceptors (Lipinski definition) is 4. The maximum absolute atomic E-state index is 13.7. The predicted molar refractivity (Wildman–Crippen MR) is 74.3 cm³/mol. The van der Waals surface area contributed by atoms with Gasteiger partial charge in [0.05, 0.1) is 33.1 Å². The SMILES string of the molecule is N#Cc1ccc(F)c(CS(=O)c2ccccc2[N+](=O)[O-])c1. The molecule has 0 bridgehead atoms. The van der Waals surface area contributed by atoms with E-state index in [1.807, 2.05) is 6.07 Å². The molecular formula is C14H9FN2O3S. The van der Waals surface area contributed by atoms with E-state index in [9.17, 15) is 18.7 Å². The maximum Gasteiger partial charge on any atom is 0.285 e. The number of hydrogen-bond donors (Lipinski definition) is 0. The van der Waals surface area contributed by atoms with Gasteiger partial charge in [0.15, 0.2) is 0 Å². The first kappa shape index (κ1) is 14.8. The lowest BCUT2D eigenvalue weighted by Crippen LogP contribution is -2.03. The fourth-order valence-electron chi connectivity index (χ4n) is 1.77. The van der Waals surface area contributed by atoms with Gasteiger partial charge in [0, 0.05) is 11.6 Å². The van der Waals surface area contributed by atoms with Crippen molar-refractivity contribution in [1.82, 2.24) is 0 Å². The molecule has 2 aromatic rings. The van der Waals surface area contributed by atoms with Gasteiger partial charge in [-0.3, -0.25) is 14.3 Å². The van der Waals surface area contributed by atoms with E-state index in [4.69, 9.17) is 5.26 Å². The largest absolute Gasteiger partial charge is 0.285 e. The van der Waals surface area contributed by atoms with E-state index in [0.29, 0.717) is 0 Å². The van der Waals surface area contributed by atoms with Crippen LogP contribution in [-0.2, 0) is 16.6 Å². The molecule has 106 valence electrons. The molecule has 0 heterocycles. The Morgan fingerprint density at radius 1 is 1.29 bits per heavy atom. The smallest absolute Gasteiger partial charge is 0.258 e. The third kappa shape index (κ3) is 3.30. The van der Waals surface area contributed by atoms with Gasteiger partial charge in [-0.25, -0.2) is 4.39 Å². The molecule has 0 N–H and O–H groups in total. The molecule has 2 aromatic carbocycles. The van der Waals surface area contributed by atoms with Crippen LogP contribution in [0.5, 0.6) is 0 Å². The normalized spacial score (nSPS) is 11.6. The number of rotatable bonds is 4. The topological polar surface area (TPSA) is 84.0 Å². The van der Waals surface area contributed by atoms with E-state index in [0.717, 1.165) is 6.07 Å². The fourth-order valence-corrected chi connectivity index (χ4v) is 3.04. The lowest BCUT2D eigenvalue weighted by molar-refractivity contribution is -0.387. The first-order chi connectivity index (χ1) is 10.0. The monoisotopic (exact) mass is 304 g/mol. The van der Waals surface area contributed by atoms with Gasteiger partial charge in [0.1, 0.15) is 10.7 Å². The Hall–Kier alpha value is -2.59. The van der Waals surface area contributed by atoms with Crippen LogP contribution in [0.3, 0.4) is 0 Å². The summed E-state index contributed by atoms with van der Waals surface area (Å²) < 4.78 is 25.9. The Kier molecular flexibility index (Phi) is 4.40. The number of nitriles is 1. The molecule has 1 unspecified atom stereocenters. The first-order valence-corrected chi connectivity index (χ1v) is 7.15. The predicted octanol–water partition coefficient (Wildman–Crippen LogP) is 2.91. The van der Waals surface area contributed by atoms with Crippen LogP contribution >= 0.6 is 0 Å². The highest BCUT2D eigenvalue weighted by molar-refractivity contribution is 7.84. The molecule has 0 aliphatic heterocycles. The molecular weight excluding hydrogens is 295 g/mol. The quantitative estimate of drug-likeness (QED) is 0.642. The fraction of sp³-hybridized carbons (Fsp3) is 0.0714. The minimum absolute atomic E-state index is 0.0317. The highest BCUT2D eigenvalue weighted by atomic mass is 32.2. The highest BCUT2D eigenvalue weighted by Crippen LogP contribution is 2.24. The van der Waals surface area contributed by atoms with Gasteiger partial charge in [0.2, 0.25) is 0 Å². The molecule has 0 saturated carbocycles. The molecule has 0 aliphatic rings. The summed E-state index contributed by atoms with van der Waals surface area (Å²) in [5.41, 5.74) is 0.0594. The van der Waals surface area contributed by atoms with Gasteiger partial charge >= 0.3 is 0 Å². The van der Waals surface area contributed by atoms with Crippen LogP contribution in [0.4, 0.5) is 10.1 Å². The highest BCUT2D eigenvalue weighted by Gasteiger charge is 2.19. The number of nitro benzene ring substituents is 1. The van der Waals surface area contributed by atoms with Crippen molar-refractivity contribution in [3.8, 4) is 6.07 Å². The van der Waals surface area contributed by atoms with Crippen molar-refractivity contribution in [1.29, 1.82) is 5.26 Å². The molecule has 0 fully saturated rings. The Morgan fingerprint density at radius 2 is 2.00 bits per heavy atom. The van der Waals surface area contributed by atoms with Gasteiger partial charge in [0.25, 0.3) is 5.69 Å². The summed E-state index contributed by atoms with van der Waals surface area (Å²) in [5.74, 6) is -0.826. The molecule has 7 heteroatoms. The summed E-state index contributed by atoms with van der Waals surface area (Å²) in [6.07, 6.45) is 0. The summed E-state index contributed by atoms with van der Waals surface area (Å²) in [6, 6.07) is 11.2. The van der Waals surface area contributed by atoms with Crippen molar-refractivity contribution >= 4 is 16.5 Å². The van der Waals surface area contributed by atoms with Crippen LogP contribution in [0, 0.1) is 27.3 Å². The molecule has 5 nitrogen and oxygen atoms in total. The van der Waals surface area contributed by atoms with Crippen molar-refractivity contribution in [2.45, 2.75) is 10.6 Å². The third-order valence-electron chi connectivity index (χ3n) is 2.77. The minimum Gasteiger partial charge on any atom is -0.258 e. The Balaban J connectivity index is 2.35. The van der Waals surface area contributed by atoms with Crippen molar-refractivity contribution in [3.05, 3.63) is 69.5 Å². The Bertz CT molecular complexity index is 771. The minimum atomic E-state index is -1.78. The molecule has 21 heavy (non-hydrogen) atoms. The Morgan fingerprint density at radius 3 is 2.67 bits per heavy atom. The van der Waals surface area contributed by atoms with Gasteiger partial charge in [-0.1, -0.05) is 12.1 Å². The van der Waals surface area contributed by atoms with Crippen LogP contribution in [0.25, 0.3) is 0 Å². The molecule has 1 atom stereocenters. The van der Waals surface area contributed by atoms with Crippen LogP contribution in [-0.4, -0.2) is 9.13 Å². The molecule has 0 amide bonds. The summed E-state index contributed by atoms with van der Waals surface area (Å²) in [4.78, 5) is 10.3. The summed E-state index contributed by atoms with van der Waals surface area (Å²) in [7, 11) is -1.78. The lowest BCUT2D eigenvalue weighted by Gasteiger charge is -2.05. The Labute approximate surface area is 122 Å². The van der Waals surface area contributed by atoms with E-state index in [1.165, 1.54) is 36.4 Å². The summed E-state index contributed by atoms with van der Waals surface area (Å²) in [6.45, 7) is 0. The van der Waals surface area contributed by atoms with Gasteiger partial charge < -0.3 is 0 Å². The zero-order chi connectivity index (χ0) is 15.4. The van der Waals surface area contributed by atoms with E-state index in [2.05, 4.69) is 0 Å². The number of benzene rings is 2. The summed E-state index contributed by atoms with van der Waals surface area (Å²) >= 11 is 0. The molecule has 0 aromatic heterocycles. The second-order valence-corrected chi connectivity index (χ2v) is 5.55. The number of para-hydroxylation sites is 1. The van der Waals surface area contributed by atoms with Crippen LogP contribution in [0.2, 0.25) is 0 Å². The van der Waals surface area contributed by atoms with Crippen molar-refractivity contribution in [2.75, 3.05) is 0 Å². The third-order valence-corrected chi connectivity index (χ3v) is 4.18. The summed E-state index contributed by atoms with van der Waals surface area (Å²) in [5, 5.41) is 19.7. The standard InChI is InChI=1S/C14H9FN2O3S/c15-12-6-5-10(8-16)7-11(12)9-21(20)14-4-2-1-3-13(14)17(18)19/h1-7H,9H2. The van der Waals surface area contributed by atoms with Gasteiger partial charge in [-0.05, 0) is 24.3 Å².